The summed E-state index contributed by atoms with van der Waals surface area (Å²) < 4.78 is 24.6. The van der Waals surface area contributed by atoms with Crippen LogP contribution in [0, 0.1) is 0 Å². The molecule has 0 spiro atoms. The van der Waals surface area contributed by atoms with Crippen molar-refractivity contribution in [3.63, 3.8) is 0 Å². The Labute approximate surface area is 171 Å². The lowest BCUT2D eigenvalue weighted by atomic mass is 9.89. The van der Waals surface area contributed by atoms with Gasteiger partial charge in [0.05, 0.1) is 11.7 Å². The van der Waals surface area contributed by atoms with E-state index in [1.54, 1.807) is 43.3 Å². The van der Waals surface area contributed by atoms with Gasteiger partial charge in [-0.1, -0.05) is 17.7 Å². The Kier molecular flexibility index (Phi) is 4.96. The highest BCUT2D eigenvalue weighted by Gasteiger charge is 2.38. The Hall–Kier alpha value is -3.00. The summed E-state index contributed by atoms with van der Waals surface area (Å²) in [5, 5.41) is 8.74. The molecule has 2 aliphatic rings. The maximum atomic E-state index is 13.6. The minimum Gasteiger partial charge on any atom is -0.484 e. The lowest BCUT2D eigenvalue weighted by molar-refractivity contribution is -0.118. The normalized spacial score (nSPS) is 22.3. The zero-order valence-corrected chi connectivity index (χ0v) is 16.3. The van der Waals surface area contributed by atoms with E-state index in [0.29, 0.717) is 27.9 Å². The molecule has 3 amide bonds. The molecule has 3 N–H and O–H groups in total. The van der Waals surface area contributed by atoms with E-state index in [2.05, 4.69) is 16.0 Å². The molecule has 0 aliphatic carbocycles. The fourth-order valence-corrected chi connectivity index (χ4v) is 3.59. The first-order valence-corrected chi connectivity index (χ1v) is 9.42. The Morgan fingerprint density at radius 1 is 1.31 bits per heavy atom. The van der Waals surface area contributed by atoms with Gasteiger partial charge in [-0.3, -0.25) is 4.79 Å². The van der Waals surface area contributed by atoms with Crippen molar-refractivity contribution >= 4 is 34.9 Å². The van der Waals surface area contributed by atoms with Gasteiger partial charge < -0.3 is 25.4 Å². The van der Waals surface area contributed by atoms with Gasteiger partial charge >= 0.3 is 6.03 Å². The smallest absolute Gasteiger partial charge is 0.319 e. The SMILES string of the molecule is C[C@@]1(CF)C[C@@H](NC(=O)Nc2ccc3c(c2)NC(=O)CO3)c2ccc(Cl)cc2O1. The molecule has 7 nitrogen and oxygen atoms in total. The molecule has 0 saturated carbocycles. The van der Waals surface area contributed by atoms with E-state index < -0.39 is 24.3 Å². The van der Waals surface area contributed by atoms with E-state index in [0.717, 1.165) is 5.56 Å². The summed E-state index contributed by atoms with van der Waals surface area (Å²) in [7, 11) is 0. The van der Waals surface area contributed by atoms with Crippen LogP contribution in [0.5, 0.6) is 11.5 Å². The van der Waals surface area contributed by atoms with Crippen LogP contribution in [0.15, 0.2) is 36.4 Å². The van der Waals surface area contributed by atoms with Crippen molar-refractivity contribution in [3.05, 3.63) is 47.0 Å². The molecule has 0 aromatic heterocycles. The zero-order chi connectivity index (χ0) is 20.6. The fraction of sp³-hybridized carbons (Fsp3) is 0.300. The summed E-state index contributed by atoms with van der Waals surface area (Å²) in [6, 6.07) is 9.07. The van der Waals surface area contributed by atoms with Gasteiger partial charge in [-0.05, 0) is 37.3 Å². The number of ether oxygens (including phenoxy) is 2. The monoisotopic (exact) mass is 419 g/mol. The van der Waals surface area contributed by atoms with Crippen molar-refractivity contribution in [2.24, 2.45) is 0 Å². The van der Waals surface area contributed by atoms with Gasteiger partial charge in [0.2, 0.25) is 0 Å². The number of amides is 3. The van der Waals surface area contributed by atoms with Crippen molar-refractivity contribution in [1.29, 1.82) is 0 Å². The van der Waals surface area contributed by atoms with Crippen LogP contribution in [0.2, 0.25) is 5.02 Å². The molecule has 152 valence electrons. The minimum absolute atomic E-state index is 0.0409. The second-order valence-electron chi connectivity index (χ2n) is 7.27. The van der Waals surface area contributed by atoms with Crippen LogP contribution in [-0.4, -0.2) is 30.8 Å². The van der Waals surface area contributed by atoms with E-state index in [1.165, 1.54) is 0 Å². The van der Waals surface area contributed by atoms with Crippen LogP contribution >= 0.6 is 11.6 Å². The molecular formula is C20H19ClFN3O4. The van der Waals surface area contributed by atoms with Crippen molar-refractivity contribution in [2.45, 2.75) is 25.0 Å². The lowest BCUT2D eigenvalue weighted by Gasteiger charge is -2.38. The third kappa shape index (κ3) is 4.07. The van der Waals surface area contributed by atoms with Crippen LogP contribution in [0.25, 0.3) is 0 Å². The summed E-state index contributed by atoms with van der Waals surface area (Å²) in [6.07, 6.45) is 0.264. The predicted molar refractivity (Wildman–Crippen MR) is 107 cm³/mol. The number of rotatable bonds is 3. The highest BCUT2D eigenvalue weighted by Crippen LogP contribution is 2.41. The molecule has 9 heteroatoms. The molecular weight excluding hydrogens is 401 g/mol. The maximum Gasteiger partial charge on any atom is 0.319 e. The number of urea groups is 1. The molecule has 29 heavy (non-hydrogen) atoms. The van der Waals surface area contributed by atoms with E-state index in [4.69, 9.17) is 21.1 Å². The minimum atomic E-state index is -1.07. The Morgan fingerprint density at radius 3 is 2.93 bits per heavy atom. The third-order valence-electron chi connectivity index (χ3n) is 4.80. The third-order valence-corrected chi connectivity index (χ3v) is 5.04. The summed E-state index contributed by atoms with van der Waals surface area (Å²) >= 11 is 6.03. The molecule has 0 radical (unpaired) electrons. The second kappa shape index (κ2) is 7.44. The quantitative estimate of drug-likeness (QED) is 0.700. The fourth-order valence-electron chi connectivity index (χ4n) is 3.43. The Bertz CT molecular complexity index is 986. The Balaban J connectivity index is 1.51. The van der Waals surface area contributed by atoms with Gasteiger partial charge in [0.1, 0.15) is 23.8 Å². The molecule has 0 unspecified atom stereocenters. The standard InChI is InChI=1S/C20H19ClFN3O4/c1-20(10-22)8-15(13-4-2-11(21)6-17(13)29-20)25-19(27)23-12-3-5-16-14(7-12)24-18(26)9-28-16/h2-7,15H,8-10H2,1H3,(H,24,26)(H2,23,25,27)/t15-,20+/m1/s1. The summed E-state index contributed by atoms with van der Waals surface area (Å²) in [4.78, 5) is 24.1. The number of hydrogen-bond acceptors (Lipinski definition) is 4. The van der Waals surface area contributed by atoms with E-state index >= 15 is 0 Å². The van der Waals surface area contributed by atoms with Crippen molar-refractivity contribution in [2.75, 3.05) is 23.9 Å². The van der Waals surface area contributed by atoms with Crippen molar-refractivity contribution in [1.82, 2.24) is 5.32 Å². The number of alkyl halides is 1. The Morgan fingerprint density at radius 2 is 2.14 bits per heavy atom. The van der Waals surface area contributed by atoms with Crippen molar-refractivity contribution < 1.29 is 23.5 Å². The number of benzene rings is 2. The van der Waals surface area contributed by atoms with Crippen LogP contribution in [0.4, 0.5) is 20.6 Å². The molecule has 0 saturated heterocycles. The van der Waals surface area contributed by atoms with Gasteiger partial charge in [-0.2, -0.15) is 0 Å². The molecule has 2 atom stereocenters. The molecule has 0 bridgehead atoms. The number of hydrogen-bond donors (Lipinski definition) is 3. The molecule has 4 rings (SSSR count). The summed E-state index contributed by atoms with van der Waals surface area (Å²) in [6.45, 7) is 0.902. The van der Waals surface area contributed by atoms with Gasteiger partial charge in [0, 0.05) is 22.7 Å². The van der Waals surface area contributed by atoms with Crippen molar-refractivity contribution in [3.8, 4) is 11.5 Å². The van der Waals surface area contributed by atoms with Crippen LogP contribution < -0.4 is 25.4 Å². The van der Waals surface area contributed by atoms with Crippen LogP contribution in [0.1, 0.15) is 24.9 Å². The van der Waals surface area contributed by atoms with Gasteiger partial charge in [0.15, 0.2) is 6.61 Å². The predicted octanol–water partition coefficient (Wildman–Crippen LogP) is 4.04. The number of carbonyl (C=O) groups excluding carboxylic acids is 2. The highest BCUT2D eigenvalue weighted by molar-refractivity contribution is 6.30. The van der Waals surface area contributed by atoms with Gasteiger partial charge in [0.25, 0.3) is 5.91 Å². The van der Waals surface area contributed by atoms with E-state index in [-0.39, 0.29) is 18.9 Å². The number of anilines is 2. The number of nitrogens with one attached hydrogen (secondary N) is 3. The van der Waals surface area contributed by atoms with Gasteiger partial charge in [-0.15, -0.1) is 0 Å². The maximum absolute atomic E-state index is 13.6. The average Bonchev–Trinajstić information content (AvgIpc) is 2.67. The van der Waals surface area contributed by atoms with Crippen LogP contribution in [-0.2, 0) is 4.79 Å². The van der Waals surface area contributed by atoms with Gasteiger partial charge in [-0.25, -0.2) is 9.18 Å². The highest BCUT2D eigenvalue weighted by atomic mass is 35.5. The number of fused-ring (bicyclic) bond motifs is 2. The molecule has 2 heterocycles. The molecule has 0 fully saturated rings. The first-order valence-electron chi connectivity index (χ1n) is 9.04. The summed E-state index contributed by atoms with van der Waals surface area (Å²) in [5.74, 6) is 0.717. The first-order chi connectivity index (χ1) is 13.8. The second-order valence-corrected chi connectivity index (χ2v) is 7.71. The largest absolute Gasteiger partial charge is 0.484 e. The molecule has 2 aromatic rings. The van der Waals surface area contributed by atoms with E-state index in [9.17, 15) is 14.0 Å². The first kappa shape index (κ1) is 19.3. The average molecular weight is 420 g/mol. The lowest BCUT2D eigenvalue weighted by Crippen LogP contribution is -2.45. The number of halogens is 2. The molecule has 2 aliphatic heterocycles. The van der Waals surface area contributed by atoms with Crippen LogP contribution in [0.3, 0.4) is 0 Å². The number of carbonyl (C=O) groups is 2. The molecule has 2 aromatic carbocycles. The topological polar surface area (TPSA) is 88.7 Å². The zero-order valence-electron chi connectivity index (χ0n) is 15.6. The van der Waals surface area contributed by atoms with E-state index in [1.807, 2.05) is 0 Å². The summed E-state index contributed by atoms with van der Waals surface area (Å²) in [5.41, 5.74) is 0.615.